The summed E-state index contributed by atoms with van der Waals surface area (Å²) >= 11 is 6.22. The van der Waals surface area contributed by atoms with Gasteiger partial charge in [-0.25, -0.2) is 15.0 Å². The van der Waals surface area contributed by atoms with E-state index in [2.05, 4.69) is 16.0 Å². The minimum Gasteiger partial charge on any atom is -0.369 e. The molecule has 0 unspecified atom stereocenters. The first kappa shape index (κ1) is 22.1. The van der Waals surface area contributed by atoms with Crippen molar-refractivity contribution in [2.45, 2.75) is 20.8 Å². The number of halogens is 1. The van der Waals surface area contributed by atoms with Crippen LogP contribution in [0.15, 0.2) is 41.4 Å². The summed E-state index contributed by atoms with van der Waals surface area (Å²) in [6.45, 7) is 5.22. The van der Waals surface area contributed by atoms with Crippen molar-refractivity contribution in [2.24, 2.45) is 4.99 Å². The van der Waals surface area contributed by atoms with Gasteiger partial charge in [-0.3, -0.25) is 4.79 Å². The third-order valence-corrected chi connectivity index (χ3v) is 4.93. The number of hydrogen-bond donors (Lipinski definition) is 0. The lowest BCUT2D eigenvalue weighted by molar-refractivity contribution is 0.101. The SMILES string of the molecule is CC(=O)c1cc(-c2cc(C)nc(Cl)c2)c(-c2cccc(C#N)c2C)nc1/N=C/N(C)C. The summed E-state index contributed by atoms with van der Waals surface area (Å²) in [5.41, 5.74) is 5.42. The maximum Gasteiger partial charge on any atom is 0.165 e. The number of benzene rings is 1. The zero-order valence-corrected chi connectivity index (χ0v) is 18.8. The minimum absolute atomic E-state index is 0.148. The molecule has 3 aromatic rings. The number of aromatic nitrogens is 2. The first-order chi connectivity index (χ1) is 14.7. The van der Waals surface area contributed by atoms with E-state index in [9.17, 15) is 10.1 Å². The number of aliphatic imine (C=N–C) groups is 1. The van der Waals surface area contributed by atoms with E-state index < -0.39 is 0 Å². The number of nitrogens with zero attached hydrogens (tertiary/aromatic N) is 5. The van der Waals surface area contributed by atoms with Gasteiger partial charge in [-0.1, -0.05) is 23.7 Å². The van der Waals surface area contributed by atoms with Crippen molar-refractivity contribution in [2.75, 3.05) is 14.1 Å². The van der Waals surface area contributed by atoms with Crippen LogP contribution in [0.5, 0.6) is 0 Å². The van der Waals surface area contributed by atoms with E-state index in [-0.39, 0.29) is 5.78 Å². The summed E-state index contributed by atoms with van der Waals surface area (Å²) < 4.78 is 0. The molecule has 2 aromatic heterocycles. The predicted octanol–water partition coefficient (Wildman–Crippen LogP) is 5.38. The van der Waals surface area contributed by atoms with Gasteiger partial charge >= 0.3 is 0 Å². The van der Waals surface area contributed by atoms with Crippen molar-refractivity contribution in [3.8, 4) is 28.5 Å². The first-order valence-electron chi connectivity index (χ1n) is 9.62. The van der Waals surface area contributed by atoms with Crippen LogP contribution in [0.1, 0.15) is 34.1 Å². The third-order valence-electron chi connectivity index (χ3n) is 4.74. The largest absolute Gasteiger partial charge is 0.369 e. The van der Waals surface area contributed by atoms with E-state index in [1.165, 1.54) is 6.92 Å². The molecule has 2 heterocycles. The number of carbonyl (C=O) groups is 1. The molecule has 0 atom stereocenters. The Bertz CT molecular complexity index is 1220. The average Bonchev–Trinajstić information content (AvgIpc) is 2.71. The fourth-order valence-corrected chi connectivity index (χ4v) is 3.50. The average molecular weight is 432 g/mol. The van der Waals surface area contributed by atoms with Crippen molar-refractivity contribution in [1.82, 2.24) is 14.9 Å². The van der Waals surface area contributed by atoms with Gasteiger partial charge in [-0.05, 0) is 56.2 Å². The molecule has 0 bridgehead atoms. The molecule has 0 radical (unpaired) electrons. The van der Waals surface area contributed by atoms with Crippen molar-refractivity contribution in [3.05, 3.63) is 63.9 Å². The van der Waals surface area contributed by atoms with Crippen LogP contribution in [-0.4, -0.2) is 41.1 Å². The Hall–Kier alpha value is -3.56. The highest BCUT2D eigenvalue weighted by atomic mass is 35.5. The number of hydrogen-bond acceptors (Lipinski definition) is 5. The summed E-state index contributed by atoms with van der Waals surface area (Å²) in [6.07, 6.45) is 1.60. The monoisotopic (exact) mass is 431 g/mol. The van der Waals surface area contributed by atoms with Crippen molar-refractivity contribution in [1.29, 1.82) is 5.26 Å². The first-order valence-corrected chi connectivity index (χ1v) is 10.00. The Kier molecular flexibility index (Phi) is 6.47. The van der Waals surface area contributed by atoms with Crippen LogP contribution in [0.2, 0.25) is 5.15 Å². The summed E-state index contributed by atoms with van der Waals surface area (Å²) in [6, 6.07) is 13.1. The summed E-state index contributed by atoms with van der Waals surface area (Å²) in [4.78, 5) is 27.7. The molecule has 0 amide bonds. The predicted molar refractivity (Wildman–Crippen MR) is 124 cm³/mol. The highest BCUT2D eigenvalue weighted by Gasteiger charge is 2.20. The topological polar surface area (TPSA) is 82.2 Å². The molecule has 31 heavy (non-hydrogen) atoms. The van der Waals surface area contributed by atoms with E-state index in [1.807, 2.05) is 46.1 Å². The highest BCUT2D eigenvalue weighted by Crippen LogP contribution is 2.37. The van der Waals surface area contributed by atoms with Gasteiger partial charge in [-0.2, -0.15) is 5.26 Å². The Labute approximate surface area is 186 Å². The maximum absolute atomic E-state index is 12.4. The lowest BCUT2D eigenvalue weighted by atomic mass is 9.93. The van der Waals surface area contributed by atoms with E-state index in [0.717, 1.165) is 27.9 Å². The molecule has 0 saturated heterocycles. The van der Waals surface area contributed by atoms with Crippen molar-refractivity contribution < 1.29 is 4.79 Å². The second kappa shape index (κ2) is 9.07. The normalized spacial score (nSPS) is 10.9. The summed E-state index contributed by atoms with van der Waals surface area (Å²) in [7, 11) is 3.68. The van der Waals surface area contributed by atoms with Gasteiger partial charge in [0, 0.05) is 30.9 Å². The second-order valence-electron chi connectivity index (χ2n) is 7.43. The summed E-state index contributed by atoms with van der Waals surface area (Å²) in [5.74, 6) is 0.171. The van der Waals surface area contributed by atoms with E-state index >= 15 is 0 Å². The zero-order chi connectivity index (χ0) is 22.7. The number of Topliss-reactive ketones (excluding diaryl/α,β-unsaturated/α-hetero) is 1. The van der Waals surface area contributed by atoms with Crippen LogP contribution >= 0.6 is 11.6 Å². The highest BCUT2D eigenvalue weighted by molar-refractivity contribution is 6.29. The van der Waals surface area contributed by atoms with Crippen molar-refractivity contribution in [3.63, 3.8) is 0 Å². The molecule has 7 heteroatoms. The number of pyridine rings is 2. The molecule has 0 spiro atoms. The van der Waals surface area contributed by atoms with E-state index in [0.29, 0.717) is 27.8 Å². The van der Waals surface area contributed by atoms with Gasteiger partial charge in [0.2, 0.25) is 0 Å². The smallest absolute Gasteiger partial charge is 0.165 e. The summed E-state index contributed by atoms with van der Waals surface area (Å²) in [5, 5.41) is 9.85. The van der Waals surface area contributed by atoms with Crippen LogP contribution < -0.4 is 0 Å². The minimum atomic E-state index is -0.148. The maximum atomic E-state index is 12.4. The Morgan fingerprint density at radius 1 is 1.16 bits per heavy atom. The molecule has 0 N–H and O–H groups in total. The molecule has 0 aliphatic heterocycles. The van der Waals surface area contributed by atoms with Gasteiger partial charge in [0.05, 0.1) is 29.2 Å². The standard InChI is InChI=1S/C24H22ClN5O/c1-14-9-18(10-22(25)28-14)21-11-20(16(3)31)24(27-13-30(4)5)29-23(21)19-8-6-7-17(12-26)15(19)2/h6-11,13H,1-5H3/b27-13+. The van der Waals surface area contributed by atoms with E-state index in [4.69, 9.17) is 16.6 Å². The lowest BCUT2D eigenvalue weighted by Gasteiger charge is -2.16. The van der Waals surface area contributed by atoms with Crippen molar-refractivity contribution >= 4 is 29.5 Å². The fourth-order valence-electron chi connectivity index (χ4n) is 3.25. The molecule has 1 aromatic carbocycles. The number of carbonyl (C=O) groups excluding carboxylic acids is 1. The molecule has 6 nitrogen and oxygen atoms in total. The molecule has 0 aliphatic carbocycles. The molecule has 0 fully saturated rings. The van der Waals surface area contributed by atoms with Crippen LogP contribution in [-0.2, 0) is 0 Å². The molecule has 156 valence electrons. The van der Waals surface area contributed by atoms with Crippen LogP contribution in [0.3, 0.4) is 0 Å². The van der Waals surface area contributed by atoms with Crippen LogP contribution in [0, 0.1) is 25.2 Å². The molecular weight excluding hydrogens is 410 g/mol. The Morgan fingerprint density at radius 3 is 2.52 bits per heavy atom. The number of nitriles is 1. The third kappa shape index (κ3) is 4.79. The lowest BCUT2D eigenvalue weighted by Crippen LogP contribution is -2.08. The molecule has 0 saturated carbocycles. The number of rotatable bonds is 5. The van der Waals surface area contributed by atoms with E-state index in [1.54, 1.807) is 29.4 Å². The second-order valence-corrected chi connectivity index (χ2v) is 7.82. The molecule has 0 aliphatic rings. The number of ketones is 1. The Morgan fingerprint density at radius 2 is 1.90 bits per heavy atom. The van der Waals surface area contributed by atoms with Crippen LogP contribution in [0.25, 0.3) is 22.4 Å². The quantitative estimate of drug-likeness (QED) is 0.234. The molecular formula is C24H22ClN5O. The van der Waals surface area contributed by atoms with Gasteiger partial charge in [0.25, 0.3) is 0 Å². The van der Waals surface area contributed by atoms with Gasteiger partial charge in [-0.15, -0.1) is 0 Å². The fraction of sp³-hybridized carbons (Fsp3) is 0.208. The zero-order valence-electron chi connectivity index (χ0n) is 18.1. The van der Waals surface area contributed by atoms with Gasteiger partial charge in [0.1, 0.15) is 5.15 Å². The molecule has 3 rings (SSSR count). The van der Waals surface area contributed by atoms with Gasteiger partial charge in [0.15, 0.2) is 11.6 Å². The Balaban J connectivity index is 2.42. The van der Waals surface area contributed by atoms with Gasteiger partial charge < -0.3 is 4.90 Å². The number of aryl methyl sites for hydroxylation is 1. The van der Waals surface area contributed by atoms with Crippen LogP contribution in [0.4, 0.5) is 5.82 Å².